The number of carbonyl (C=O) groups is 6. The fourth-order valence-electron chi connectivity index (χ4n) is 6.52. The second-order valence-electron chi connectivity index (χ2n) is 14.4. The molecule has 3 amide bonds. The number of phenols is 3. The van der Waals surface area contributed by atoms with Crippen LogP contribution in [0.2, 0.25) is 0 Å². The van der Waals surface area contributed by atoms with Gasteiger partial charge in [0, 0.05) is 36.7 Å². The zero-order chi connectivity index (χ0) is 46.8. The summed E-state index contributed by atoms with van der Waals surface area (Å²) >= 11 is 0. The Labute approximate surface area is 369 Å². The maximum absolute atomic E-state index is 13.6. The molecule has 19 nitrogen and oxygen atoms in total. The van der Waals surface area contributed by atoms with Gasteiger partial charge in [-0.05, 0) is 96.4 Å². The van der Waals surface area contributed by atoms with E-state index in [0.29, 0.717) is 22.5 Å². The molecule has 4 aromatic carbocycles. The molecule has 0 aliphatic carbocycles. The topological polar surface area (TPSA) is 292 Å². The minimum absolute atomic E-state index is 0.00262. The number of hydrogen-bond acceptors (Lipinski definition) is 14. The van der Waals surface area contributed by atoms with Gasteiger partial charge in [-0.1, -0.05) is 18.2 Å². The van der Waals surface area contributed by atoms with Gasteiger partial charge in [0.1, 0.15) is 17.0 Å². The molecule has 1 atom stereocenters. The second-order valence-corrected chi connectivity index (χ2v) is 14.4. The smallest absolute Gasteiger partial charge is 0.339 e. The Morgan fingerprint density at radius 3 is 1.95 bits per heavy atom. The lowest BCUT2D eigenvalue weighted by molar-refractivity contribution is -0.120. The first kappa shape index (κ1) is 45.7. The van der Waals surface area contributed by atoms with Gasteiger partial charge in [0.25, 0.3) is 11.8 Å². The first-order chi connectivity index (χ1) is 31.1. The van der Waals surface area contributed by atoms with Crippen molar-refractivity contribution in [3.8, 4) is 28.7 Å². The number of aromatic amines is 1. The van der Waals surface area contributed by atoms with Gasteiger partial charge in [-0.2, -0.15) is 15.4 Å². The molecule has 0 aliphatic heterocycles. The van der Waals surface area contributed by atoms with E-state index in [-0.39, 0.29) is 70.5 Å². The summed E-state index contributed by atoms with van der Waals surface area (Å²) in [5.74, 6) is -6.78. The summed E-state index contributed by atoms with van der Waals surface area (Å²) in [6.45, 7) is 1.69. The van der Waals surface area contributed by atoms with Gasteiger partial charge < -0.3 is 45.9 Å². The number of phenolic OH excluding ortho intramolecular Hbond substituents is 2. The van der Waals surface area contributed by atoms with Gasteiger partial charge in [-0.3, -0.25) is 29.0 Å². The minimum atomic E-state index is -1.42. The average molecular weight is 884 g/mol. The van der Waals surface area contributed by atoms with Crippen molar-refractivity contribution in [1.29, 1.82) is 0 Å². The molecular weight excluding hydrogens is 843 g/mol. The molecule has 0 saturated carbocycles. The van der Waals surface area contributed by atoms with Gasteiger partial charge >= 0.3 is 5.97 Å². The first-order valence-electron chi connectivity index (χ1n) is 19.6. The maximum atomic E-state index is 13.6. The van der Waals surface area contributed by atoms with Crippen LogP contribution < -0.4 is 25.4 Å². The summed E-state index contributed by atoms with van der Waals surface area (Å²) in [6.07, 6.45) is 4.45. The van der Waals surface area contributed by atoms with Crippen LogP contribution in [0.3, 0.4) is 0 Å². The van der Waals surface area contributed by atoms with E-state index in [4.69, 9.17) is 9.47 Å². The largest absolute Gasteiger partial charge is 0.508 e. The Morgan fingerprint density at radius 1 is 0.738 bits per heavy atom. The molecule has 0 radical (unpaired) electrons. The van der Waals surface area contributed by atoms with Crippen LogP contribution in [0.15, 0.2) is 103 Å². The molecule has 8 N–H and O–H groups in total. The summed E-state index contributed by atoms with van der Waals surface area (Å²) in [7, 11) is 2.37. The summed E-state index contributed by atoms with van der Waals surface area (Å²) in [4.78, 5) is 82.1. The van der Waals surface area contributed by atoms with Crippen LogP contribution in [0.4, 0.5) is 17.1 Å². The average Bonchev–Trinajstić information content (AvgIpc) is 3.80. The highest BCUT2D eigenvalue weighted by Gasteiger charge is 2.27. The number of rotatable bonds is 18. The summed E-state index contributed by atoms with van der Waals surface area (Å²) in [5, 5.41) is 58.2. The quantitative estimate of drug-likeness (QED) is 0.0373. The molecule has 0 bridgehead atoms. The standard InChI is InChI=1S/C46H41N7O12/c1-24(18-25-4-11-31(54)12-5-25)37(55)19-26-6-15-34(47-22-26)38(56)21-28(20-30-23-48-53-52-30)44(60)49-29-9-7-27(8-10-29)43(59)50-35-16-13-32(39(57)41(35)64-2)45(61)51-36-17-14-33(46(62)63)40(58)42(36)65-3/h4-18,22-23,28,54,57-58H,19-21H2,1-3H3,(H,49,60)(H,50,59)(H,51,61)(H,62,63)(H,48,52,53)/b24-18+. The number of H-pyrrole nitrogens is 1. The van der Waals surface area contributed by atoms with Gasteiger partial charge in [0.2, 0.25) is 5.91 Å². The molecule has 1 unspecified atom stereocenters. The molecule has 19 heteroatoms. The lowest BCUT2D eigenvalue weighted by atomic mass is 9.94. The summed E-state index contributed by atoms with van der Waals surface area (Å²) in [6, 6.07) is 20.1. The van der Waals surface area contributed by atoms with Gasteiger partial charge in [0.05, 0.1) is 49.0 Å². The van der Waals surface area contributed by atoms with Gasteiger partial charge in [-0.15, -0.1) is 0 Å². The van der Waals surface area contributed by atoms with Crippen molar-refractivity contribution in [2.24, 2.45) is 5.92 Å². The number of hydrogen-bond donors (Lipinski definition) is 8. The number of amides is 3. The van der Waals surface area contributed by atoms with Crippen LogP contribution in [0.5, 0.6) is 28.7 Å². The first-order valence-corrected chi connectivity index (χ1v) is 19.6. The van der Waals surface area contributed by atoms with Crippen molar-refractivity contribution in [2.45, 2.75) is 26.2 Å². The SMILES string of the molecule is COc1c(NC(=O)c2ccc(NC(=O)c3ccc(NC(=O)C(CC(=O)c4ccc(CC(=O)/C(C)=C/c5ccc(O)cc5)cn4)Cc4cn[nH]n4)cc3)c(OC)c2O)ccc(C(=O)O)c1O. The van der Waals surface area contributed by atoms with Crippen LogP contribution in [0.25, 0.3) is 6.08 Å². The van der Waals surface area contributed by atoms with E-state index in [2.05, 4.69) is 36.3 Å². The van der Waals surface area contributed by atoms with Crippen LogP contribution in [-0.2, 0) is 22.4 Å². The number of ether oxygens (including phenoxy) is 2. The highest BCUT2D eigenvalue weighted by molar-refractivity contribution is 6.10. The Morgan fingerprint density at radius 2 is 1.37 bits per heavy atom. The molecule has 0 spiro atoms. The van der Waals surface area contributed by atoms with Gasteiger partial charge in [-0.25, -0.2) is 4.79 Å². The number of aromatic hydroxyl groups is 3. The molecule has 6 aromatic rings. The van der Waals surface area contributed by atoms with E-state index >= 15 is 0 Å². The van der Waals surface area contributed by atoms with E-state index in [9.17, 15) is 49.2 Å². The van der Waals surface area contributed by atoms with Crippen molar-refractivity contribution in [3.05, 3.63) is 142 Å². The van der Waals surface area contributed by atoms with Gasteiger partial charge in [0.15, 0.2) is 34.6 Å². The predicted molar refractivity (Wildman–Crippen MR) is 234 cm³/mol. The molecule has 0 fully saturated rings. The lowest BCUT2D eigenvalue weighted by Gasteiger charge is -2.16. The van der Waals surface area contributed by atoms with E-state index in [1.165, 1.54) is 80.2 Å². The van der Waals surface area contributed by atoms with Crippen LogP contribution in [0, 0.1) is 5.92 Å². The van der Waals surface area contributed by atoms with Crippen molar-refractivity contribution >= 4 is 58.4 Å². The summed E-state index contributed by atoms with van der Waals surface area (Å²) in [5.41, 5.74) is 1.97. The van der Waals surface area contributed by atoms with Crippen LogP contribution in [-0.4, -0.2) is 90.3 Å². The number of Topliss-reactive ketones (excluding diaryl/α,β-unsaturated/α-hetero) is 2. The monoisotopic (exact) mass is 883 g/mol. The fraction of sp³-hybridized carbons (Fsp3) is 0.152. The minimum Gasteiger partial charge on any atom is -0.508 e. The maximum Gasteiger partial charge on any atom is 0.339 e. The number of carbonyl (C=O) groups excluding carboxylic acids is 5. The highest BCUT2D eigenvalue weighted by atomic mass is 16.5. The third-order valence-electron chi connectivity index (χ3n) is 9.97. The molecule has 0 aliphatic rings. The molecule has 0 saturated heterocycles. The van der Waals surface area contributed by atoms with E-state index in [1.54, 1.807) is 31.2 Å². The number of carboxylic acid groups (broad SMARTS) is 1. The number of nitrogens with zero attached hydrogens (tertiary/aromatic N) is 3. The Balaban J connectivity index is 1.08. The fourth-order valence-corrected chi connectivity index (χ4v) is 6.52. The third kappa shape index (κ3) is 11.2. The number of methoxy groups -OCH3 is 2. The Bertz CT molecular complexity index is 2790. The molecule has 6 rings (SSSR count). The van der Waals surface area contributed by atoms with E-state index in [1.807, 2.05) is 0 Å². The number of ketones is 2. The van der Waals surface area contributed by atoms with Crippen molar-refractivity contribution < 1.29 is 58.7 Å². The second kappa shape index (κ2) is 20.3. The zero-order valence-electron chi connectivity index (χ0n) is 34.9. The third-order valence-corrected chi connectivity index (χ3v) is 9.97. The zero-order valence-corrected chi connectivity index (χ0v) is 34.9. The van der Waals surface area contributed by atoms with E-state index in [0.717, 1.165) is 18.7 Å². The normalized spacial score (nSPS) is 11.5. The Kier molecular flexibility index (Phi) is 14.3. The number of anilines is 3. The van der Waals surface area contributed by atoms with E-state index < -0.39 is 52.5 Å². The summed E-state index contributed by atoms with van der Waals surface area (Å²) < 4.78 is 10.4. The molecular formula is C46H41N7O12. The molecule has 65 heavy (non-hydrogen) atoms. The number of nitrogens with one attached hydrogen (secondary N) is 4. The molecule has 332 valence electrons. The van der Waals surface area contributed by atoms with Crippen LogP contribution >= 0.6 is 0 Å². The lowest BCUT2D eigenvalue weighted by Crippen LogP contribution is -2.27. The molecule has 2 aromatic heterocycles. The predicted octanol–water partition coefficient (Wildman–Crippen LogP) is 5.82. The van der Waals surface area contributed by atoms with Crippen molar-refractivity contribution in [2.75, 3.05) is 30.2 Å². The molecule has 2 heterocycles. The number of benzene rings is 4. The van der Waals surface area contributed by atoms with Crippen molar-refractivity contribution in [3.63, 3.8) is 0 Å². The van der Waals surface area contributed by atoms with Crippen molar-refractivity contribution in [1.82, 2.24) is 20.4 Å². The number of pyridine rings is 1. The highest BCUT2D eigenvalue weighted by Crippen LogP contribution is 2.40. The number of aromatic carboxylic acids is 1. The van der Waals surface area contributed by atoms with Crippen LogP contribution in [0.1, 0.15) is 71.7 Å². The number of aromatic nitrogens is 4. The number of allylic oxidation sites excluding steroid dienone is 1. The number of carboxylic acids is 1. The Hall–Kier alpha value is -8.87.